The summed E-state index contributed by atoms with van der Waals surface area (Å²) in [6.45, 7) is 2.84. The first-order valence-electron chi connectivity index (χ1n) is 4.94. The first-order valence-corrected chi connectivity index (χ1v) is 5.82. The Bertz CT molecular complexity index is 437. The van der Waals surface area contributed by atoms with E-state index in [-0.39, 0.29) is 0 Å². The molecule has 0 saturated heterocycles. The molecule has 0 unspecified atom stereocenters. The van der Waals surface area contributed by atoms with Crippen LogP contribution in [0.1, 0.15) is 16.3 Å². The summed E-state index contributed by atoms with van der Waals surface area (Å²) in [6, 6.07) is 2.21. The molecular weight excluding hydrogens is 210 g/mol. The van der Waals surface area contributed by atoms with Crippen LogP contribution >= 0.6 is 11.3 Å². The Labute approximate surface area is 91.5 Å². The SMILES string of the molecule is c1nnc(CN2CCc3sccc3C2)o1. The Morgan fingerprint density at radius 2 is 2.53 bits per heavy atom. The summed E-state index contributed by atoms with van der Waals surface area (Å²) in [5.41, 5.74) is 1.45. The molecule has 1 aliphatic heterocycles. The van der Waals surface area contributed by atoms with Gasteiger partial charge in [0.1, 0.15) is 0 Å². The van der Waals surface area contributed by atoms with Crippen molar-refractivity contribution in [2.24, 2.45) is 0 Å². The van der Waals surface area contributed by atoms with Crippen molar-refractivity contribution in [3.05, 3.63) is 34.2 Å². The Balaban J connectivity index is 1.71. The molecule has 0 N–H and O–H groups in total. The van der Waals surface area contributed by atoms with Gasteiger partial charge in [0, 0.05) is 18.0 Å². The summed E-state index contributed by atoms with van der Waals surface area (Å²) in [4.78, 5) is 3.86. The predicted molar refractivity (Wildman–Crippen MR) is 56.4 cm³/mol. The van der Waals surface area contributed by atoms with Crippen molar-refractivity contribution in [2.75, 3.05) is 6.54 Å². The third-order valence-corrected chi connectivity index (χ3v) is 3.67. The summed E-state index contributed by atoms with van der Waals surface area (Å²) < 4.78 is 5.14. The highest BCUT2D eigenvalue weighted by molar-refractivity contribution is 7.10. The number of thiophene rings is 1. The van der Waals surface area contributed by atoms with Gasteiger partial charge < -0.3 is 4.42 Å². The van der Waals surface area contributed by atoms with Crippen LogP contribution in [0.15, 0.2) is 22.3 Å². The summed E-state index contributed by atoms with van der Waals surface area (Å²) >= 11 is 1.86. The second-order valence-corrected chi connectivity index (χ2v) is 4.66. The molecule has 0 radical (unpaired) electrons. The van der Waals surface area contributed by atoms with Crippen LogP contribution in [-0.2, 0) is 19.5 Å². The van der Waals surface area contributed by atoms with Gasteiger partial charge in [-0.05, 0) is 23.4 Å². The maximum Gasteiger partial charge on any atom is 0.230 e. The number of nitrogens with zero attached hydrogens (tertiary/aromatic N) is 3. The maximum atomic E-state index is 5.14. The third-order valence-electron chi connectivity index (χ3n) is 2.65. The Hall–Kier alpha value is -1.20. The van der Waals surface area contributed by atoms with Gasteiger partial charge in [-0.1, -0.05) is 0 Å². The standard InChI is InChI=1S/C10H11N3OS/c1-3-13(6-10-12-11-7-14-10)5-8-2-4-15-9(1)8/h2,4,7H,1,3,5-6H2. The van der Waals surface area contributed by atoms with E-state index in [0.717, 1.165) is 26.1 Å². The van der Waals surface area contributed by atoms with Gasteiger partial charge in [-0.2, -0.15) is 0 Å². The van der Waals surface area contributed by atoms with Crippen molar-refractivity contribution in [2.45, 2.75) is 19.5 Å². The van der Waals surface area contributed by atoms with Crippen LogP contribution < -0.4 is 0 Å². The van der Waals surface area contributed by atoms with Crippen molar-refractivity contribution in [3.8, 4) is 0 Å². The van der Waals surface area contributed by atoms with Crippen LogP contribution in [-0.4, -0.2) is 21.6 Å². The van der Waals surface area contributed by atoms with Gasteiger partial charge in [0.05, 0.1) is 6.54 Å². The Kier molecular flexibility index (Phi) is 2.26. The van der Waals surface area contributed by atoms with Crippen LogP contribution in [0.4, 0.5) is 0 Å². The monoisotopic (exact) mass is 221 g/mol. The minimum atomic E-state index is 0.702. The normalized spacial score (nSPS) is 16.5. The highest BCUT2D eigenvalue weighted by atomic mass is 32.1. The lowest BCUT2D eigenvalue weighted by atomic mass is 10.1. The fraction of sp³-hybridized carbons (Fsp3) is 0.400. The van der Waals surface area contributed by atoms with Gasteiger partial charge in [-0.15, -0.1) is 21.5 Å². The lowest BCUT2D eigenvalue weighted by Crippen LogP contribution is -2.29. The van der Waals surface area contributed by atoms with Crippen LogP contribution in [0.25, 0.3) is 0 Å². The second kappa shape index (κ2) is 3.75. The Morgan fingerprint density at radius 1 is 1.53 bits per heavy atom. The molecule has 0 fully saturated rings. The number of hydrogen-bond donors (Lipinski definition) is 0. The minimum Gasteiger partial charge on any atom is -0.427 e. The van der Waals surface area contributed by atoms with E-state index in [1.165, 1.54) is 16.8 Å². The largest absolute Gasteiger partial charge is 0.427 e. The van der Waals surface area contributed by atoms with Gasteiger partial charge in [0.15, 0.2) is 0 Å². The zero-order chi connectivity index (χ0) is 10.1. The number of hydrogen-bond acceptors (Lipinski definition) is 5. The molecule has 15 heavy (non-hydrogen) atoms. The molecule has 0 spiro atoms. The van der Waals surface area contributed by atoms with E-state index in [0.29, 0.717) is 5.89 Å². The lowest BCUT2D eigenvalue weighted by Gasteiger charge is -2.25. The van der Waals surface area contributed by atoms with Crippen molar-refractivity contribution in [1.29, 1.82) is 0 Å². The zero-order valence-electron chi connectivity index (χ0n) is 8.22. The molecule has 0 aliphatic carbocycles. The van der Waals surface area contributed by atoms with Crippen LogP contribution in [0.2, 0.25) is 0 Å². The minimum absolute atomic E-state index is 0.702. The average molecular weight is 221 g/mol. The van der Waals surface area contributed by atoms with E-state index in [2.05, 4.69) is 26.5 Å². The summed E-state index contributed by atoms with van der Waals surface area (Å²) in [5.74, 6) is 0.702. The molecule has 2 aromatic heterocycles. The molecule has 0 saturated carbocycles. The summed E-state index contributed by atoms with van der Waals surface area (Å²) in [6.07, 6.45) is 2.52. The fourth-order valence-electron chi connectivity index (χ4n) is 1.90. The summed E-state index contributed by atoms with van der Waals surface area (Å²) in [5, 5.41) is 9.75. The molecule has 2 aromatic rings. The van der Waals surface area contributed by atoms with E-state index in [1.807, 2.05) is 11.3 Å². The van der Waals surface area contributed by atoms with E-state index < -0.39 is 0 Å². The number of aromatic nitrogens is 2. The van der Waals surface area contributed by atoms with Crippen LogP contribution in [0, 0.1) is 0 Å². The molecular formula is C10H11N3OS. The molecule has 4 nitrogen and oxygen atoms in total. The van der Waals surface area contributed by atoms with Gasteiger partial charge in [-0.25, -0.2) is 0 Å². The first kappa shape index (κ1) is 9.06. The highest BCUT2D eigenvalue weighted by Crippen LogP contribution is 2.24. The van der Waals surface area contributed by atoms with Crippen molar-refractivity contribution >= 4 is 11.3 Å². The molecule has 3 rings (SSSR count). The Morgan fingerprint density at radius 3 is 3.40 bits per heavy atom. The van der Waals surface area contributed by atoms with E-state index >= 15 is 0 Å². The van der Waals surface area contributed by atoms with Gasteiger partial charge in [-0.3, -0.25) is 4.90 Å². The first-order chi connectivity index (χ1) is 7.42. The lowest BCUT2D eigenvalue weighted by molar-refractivity contribution is 0.223. The molecule has 0 amide bonds. The smallest absolute Gasteiger partial charge is 0.230 e. The number of rotatable bonds is 2. The molecule has 3 heterocycles. The van der Waals surface area contributed by atoms with Gasteiger partial charge >= 0.3 is 0 Å². The third kappa shape index (κ3) is 1.80. The topological polar surface area (TPSA) is 42.2 Å². The number of fused-ring (bicyclic) bond motifs is 1. The molecule has 0 aromatic carbocycles. The van der Waals surface area contributed by atoms with Crippen LogP contribution in [0.3, 0.4) is 0 Å². The zero-order valence-corrected chi connectivity index (χ0v) is 9.04. The van der Waals surface area contributed by atoms with E-state index in [9.17, 15) is 0 Å². The van der Waals surface area contributed by atoms with Crippen molar-refractivity contribution in [3.63, 3.8) is 0 Å². The van der Waals surface area contributed by atoms with Crippen molar-refractivity contribution < 1.29 is 4.42 Å². The van der Waals surface area contributed by atoms with Crippen molar-refractivity contribution in [1.82, 2.24) is 15.1 Å². The average Bonchev–Trinajstić information content (AvgIpc) is 2.87. The molecule has 1 aliphatic rings. The highest BCUT2D eigenvalue weighted by Gasteiger charge is 2.18. The molecule has 5 heteroatoms. The fourth-order valence-corrected chi connectivity index (χ4v) is 2.79. The summed E-state index contributed by atoms with van der Waals surface area (Å²) in [7, 11) is 0. The maximum absolute atomic E-state index is 5.14. The molecule has 0 bridgehead atoms. The molecule has 78 valence electrons. The van der Waals surface area contributed by atoms with E-state index in [4.69, 9.17) is 4.42 Å². The second-order valence-electron chi connectivity index (χ2n) is 3.66. The molecule has 0 atom stereocenters. The quantitative estimate of drug-likeness (QED) is 0.774. The van der Waals surface area contributed by atoms with Gasteiger partial charge in [0.25, 0.3) is 0 Å². The van der Waals surface area contributed by atoms with E-state index in [1.54, 1.807) is 0 Å². The van der Waals surface area contributed by atoms with Gasteiger partial charge in [0.2, 0.25) is 12.3 Å². The van der Waals surface area contributed by atoms with Crippen LogP contribution in [0.5, 0.6) is 0 Å². The predicted octanol–water partition coefficient (Wildman–Crippen LogP) is 1.69.